The van der Waals surface area contributed by atoms with Crippen molar-refractivity contribution in [1.29, 1.82) is 0 Å². The van der Waals surface area contributed by atoms with Crippen LogP contribution in [0.15, 0.2) is 42.5 Å². The summed E-state index contributed by atoms with van der Waals surface area (Å²) in [6.45, 7) is 0. The fourth-order valence-corrected chi connectivity index (χ4v) is 3.44. The normalized spacial score (nSPS) is 21.6. The molecule has 0 bridgehead atoms. The lowest BCUT2D eigenvalue weighted by atomic mass is 9.80. The maximum atomic E-state index is 13.2. The topological polar surface area (TPSA) is 0 Å². The highest BCUT2D eigenvalue weighted by molar-refractivity contribution is 6.21. The van der Waals surface area contributed by atoms with Gasteiger partial charge in [-0.2, -0.15) is 0 Å². The summed E-state index contributed by atoms with van der Waals surface area (Å²) in [5.41, 5.74) is 3.12. The van der Waals surface area contributed by atoms with Crippen molar-refractivity contribution in [3.8, 4) is 0 Å². The van der Waals surface area contributed by atoms with Gasteiger partial charge in [-0.15, -0.1) is 11.6 Å². The number of rotatable bonds is 2. The lowest BCUT2D eigenvalue weighted by Gasteiger charge is -2.29. The van der Waals surface area contributed by atoms with E-state index in [4.69, 9.17) is 11.6 Å². The molecule has 0 spiro atoms. The zero-order valence-corrected chi connectivity index (χ0v) is 11.7. The smallest absolute Gasteiger partial charge is 0.126 e. The summed E-state index contributed by atoms with van der Waals surface area (Å²) in [4.78, 5) is 0. The van der Waals surface area contributed by atoms with Crippen molar-refractivity contribution in [2.24, 2.45) is 5.92 Å². The Kier molecular flexibility index (Phi) is 3.75. The van der Waals surface area contributed by atoms with Crippen molar-refractivity contribution < 1.29 is 8.78 Å². The molecule has 2 atom stereocenters. The number of halogens is 3. The summed E-state index contributed by atoms with van der Waals surface area (Å²) in [6.07, 6.45) is 2.53. The van der Waals surface area contributed by atoms with Gasteiger partial charge >= 0.3 is 0 Å². The van der Waals surface area contributed by atoms with Crippen LogP contribution in [0.1, 0.15) is 28.5 Å². The van der Waals surface area contributed by atoms with Gasteiger partial charge in [0.1, 0.15) is 11.6 Å². The van der Waals surface area contributed by atoms with Gasteiger partial charge in [0.2, 0.25) is 0 Å². The maximum Gasteiger partial charge on any atom is 0.126 e. The standard InChI is InChI=1S/C17H15ClF2/c18-17-13(6-5-12-3-1-2-4-16(12)17)7-11-8-14(19)10-15(20)9-11/h1-4,8-10,13,17H,5-7H2. The Balaban J connectivity index is 1.82. The van der Waals surface area contributed by atoms with Crippen LogP contribution in [0, 0.1) is 17.6 Å². The molecule has 2 aromatic carbocycles. The van der Waals surface area contributed by atoms with Crippen LogP contribution in [0.4, 0.5) is 8.78 Å². The fourth-order valence-electron chi connectivity index (χ4n) is 3.01. The Hall–Kier alpha value is -1.41. The number of hydrogen-bond acceptors (Lipinski definition) is 0. The second-order valence-corrected chi connectivity index (χ2v) is 5.85. The molecule has 0 aliphatic heterocycles. The van der Waals surface area contributed by atoms with Crippen LogP contribution in [0.5, 0.6) is 0 Å². The van der Waals surface area contributed by atoms with Crippen LogP contribution in [0.2, 0.25) is 0 Å². The molecule has 0 radical (unpaired) electrons. The molecule has 2 unspecified atom stereocenters. The van der Waals surface area contributed by atoms with E-state index in [-0.39, 0.29) is 11.3 Å². The lowest BCUT2D eigenvalue weighted by Crippen LogP contribution is -2.19. The van der Waals surface area contributed by atoms with Gasteiger partial charge in [-0.05, 0) is 54.0 Å². The summed E-state index contributed by atoms with van der Waals surface area (Å²) < 4.78 is 26.5. The van der Waals surface area contributed by atoms with Crippen LogP contribution in [-0.2, 0) is 12.8 Å². The first kappa shape index (κ1) is 13.6. The van der Waals surface area contributed by atoms with Crippen LogP contribution >= 0.6 is 11.6 Å². The Morgan fingerprint density at radius 3 is 2.50 bits per heavy atom. The van der Waals surface area contributed by atoms with Crippen LogP contribution < -0.4 is 0 Å². The third-order valence-electron chi connectivity index (χ3n) is 3.97. The largest absolute Gasteiger partial charge is 0.207 e. The number of aryl methyl sites for hydroxylation is 1. The van der Waals surface area contributed by atoms with E-state index >= 15 is 0 Å². The van der Waals surface area contributed by atoms with Crippen LogP contribution in [0.3, 0.4) is 0 Å². The molecule has 1 aliphatic carbocycles. The van der Waals surface area contributed by atoms with Crippen molar-refractivity contribution in [3.05, 3.63) is 70.8 Å². The summed E-state index contributed by atoms with van der Waals surface area (Å²) in [6, 6.07) is 11.8. The highest BCUT2D eigenvalue weighted by Gasteiger charge is 2.27. The Morgan fingerprint density at radius 1 is 1.05 bits per heavy atom. The minimum absolute atomic E-state index is 0.0914. The van der Waals surface area contributed by atoms with Crippen molar-refractivity contribution in [2.75, 3.05) is 0 Å². The predicted molar refractivity (Wildman–Crippen MR) is 76.9 cm³/mol. The lowest BCUT2D eigenvalue weighted by molar-refractivity contribution is 0.440. The minimum atomic E-state index is -0.526. The zero-order valence-electron chi connectivity index (χ0n) is 11.0. The summed E-state index contributed by atoms with van der Waals surface area (Å²) in [5.74, 6) is -0.836. The van der Waals surface area contributed by atoms with E-state index in [9.17, 15) is 8.78 Å². The average molecular weight is 293 g/mol. The third-order valence-corrected chi connectivity index (χ3v) is 4.56. The van der Waals surface area contributed by atoms with Gasteiger partial charge < -0.3 is 0 Å². The van der Waals surface area contributed by atoms with Crippen molar-refractivity contribution in [2.45, 2.75) is 24.6 Å². The van der Waals surface area contributed by atoms with E-state index in [1.807, 2.05) is 18.2 Å². The monoisotopic (exact) mass is 292 g/mol. The maximum absolute atomic E-state index is 13.2. The van der Waals surface area contributed by atoms with Crippen LogP contribution in [-0.4, -0.2) is 0 Å². The number of benzene rings is 2. The molecule has 20 heavy (non-hydrogen) atoms. The number of hydrogen-bond donors (Lipinski definition) is 0. The Morgan fingerprint density at radius 2 is 1.75 bits per heavy atom. The fraction of sp³-hybridized carbons (Fsp3) is 0.294. The molecule has 0 saturated carbocycles. The molecule has 0 aromatic heterocycles. The molecular formula is C17H15ClF2. The Bertz CT molecular complexity index is 604. The zero-order chi connectivity index (χ0) is 14.1. The highest BCUT2D eigenvalue weighted by Crippen LogP contribution is 2.40. The first-order chi connectivity index (χ1) is 9.63. The van der Waals surface area contributed by atoms with E-state index in [1.54, 1.807) is 0 Å². The summed E-state index contributed by atoms with van der Waals surface area (Å²) >= 11 is 6.56. The second-order valence-electron chi connectivity index (χ2n) is 5.38. The van der Waals surface area contributed by atoms with Crippen molar-refractivity contribution in [1.82, 2.24) is 0 Å². The van der Waals surface area contributed by atoms with Gasteiger partial charge in [-0.3, -0.25) is 0 Å². The number of alkyl halides is 1. The summed E-state index contributed by atoms with van der Waals surface area (Å²) in [5, 5.41) is -0.0914. The quantitative estimate of drug-likeness (QED) is 0.680. The highest BCUT2D eigenvalue weighted by atomic mass is 35.5. The van der Waals surface area contributed by atoms with E-state index < -0.39 is 11.6 Å². The molecule has 0 nitrogen and oxygen atoms in total. The van der Waals surface area contributed by atoms with Gasteiger partial charge in [0.25, 0.3) is 0 Å². The van der Waals surface area contributed by atoms with Crippen molar-refractivity contribution >= 4 is 11.6 Å². The minimum Gasteiger partial charge on any atom is -0.207 e. The average Bonchev–Trinajstić information content (AvgIpc) is 2.41. The van der Waals surface area contributed by atoms with Gasteiger partial charge in [0.15, 0.2) is 0 Å². The van der Waals surface area contributed by atoms with E-state index in [0.717, 1.165) is 24.5 Å². The third kappa shape index (κ3) is 2.71. The molecule has 0 heterocycles. The van der Waals surface area contributed by atoms with Gasteiger partial charge in [-0.1, -0.05) is 24.3 Å². The van der Waals surface area contributed by atoms with E-state index in [2.05, 4.69) is 6.07 Å². The van der Waals surface area contributed by atoms with E-state index in [0.29, 0.717) is 12.0 Å². The molecule has 0 fully saturated rings. The molecule has 0 N–H and O–H groups in total. The molecule has 0 saturated heterocycles. The van der Waals surface area contributed by atoms with Crippen molar-refractivity contribution in [3.63, 3.8) is 0 Å². The number of fused-ring (bicyclic) bond motifs is 1. The molecule has 2 aromatic rings. The molecule has 104 valence electrons. The predicted octanol–water partition coefficient (Wildman–Crippen LogP) is 5.05. The first-order valence-electron chi connectivity index (χ1n) is 6.80. The molecule has 3 heteroatoms. The summed E-state index contributed by atoms with van der Waals surface area (Å²) in [7, 11) is 0. The molecular weight excluding hydrogens is 278 g/mol. The SMILES string of the molecule is Fc1cc(F)cc(CC2CCc3ccccc3C2Cl)c1. The van der Waals surface area contributed by atoms with E-state index in [1.165, 1.54) is 17.7 Å². The molecule has 3 rings (SSSR count). The van der Waals surface area contributed by atoms with Gasteiger partial charge in [-0.25, -0.2) is 8.78 Å². The second kappa shape index (κ2) is 5.53. The Labute approximate surface area is 122 Å². The molecule has 1 aliphatic rings. The first-order valence-corrected chi connectivity index (χ1v) is 7.24. The van der Waals surface area contributed by atoms with Crippen LogP contribution in [0.25, 0.3) is 0 Å². The van der Waals surface area contributed by atoms with Gasteiger partial charge in [0, 0.05) is 6.07 Å². The van der Waals surface area contributed by atoms with Gasteiger partial charge in [0.05, 0.1) is 5.38 Å². The molecule has 0 amide bonds.